The molecule has 0 aliphatic carbocycles. The Morgan fingerprint density at radius 2 is 1.88 bits per heavy atom. The second-order valence-electron chi connectivity index (χ2n) is 5.70. The summed E-state index contributed by atoms with van der Waals surface area (Å²) in [6.07, 6.45) is -2.25. The summed E-state index contributed by atoms with van der Waals surface area (Å²) in [6.45, 7) is 3.05. The Hall–Kier alpha value is -2.62. The maximum absolute atomic E-state index is 12.8. The van der Waals surface area contributed by atoms with Gasteiger partial charge in [0.15, 0.2) is 0 Å². The van der Waals surface area contributed by atoms with Crippen molar-refractivity contribution >= 4 is 27.3 Å². The molecular formula is C16H16F3N3O3S. The Balaban J connectivity index is 2.37. The number of pyridine rings is 1. The van der Waals surface area contributed by atoms with E-state index in [9.17, 15) is 26.4 Å². The molecule has 1 aromatic carbocycles. The van der Waals surface area contributed by atoms with Gasteiger partial charge in [0.25, 0.3) is 10.0 Å². The number of anilines is 2. The van der Waals surface area contributed by atoms with Crippen LogP contribution in [0, 0.1) is 5.92 Å². The highest BCUT2D eigenvalue weighted by Crippen LogP contribution is 2.32. The van der Waals surface area contributed by atoms with Gasteiger partial charge in [0.1, 0.15) is 4.90 Å². The third-order valence-electron chi connectivity index (χ3n) is 3.30. The summed E-state index contributed by atoms with van der Waals surface area (Å²) in [5.74, 6) is -1.28. The molecule has 140 valence electrons. The standard InChI is InChI=1S/C16H16F3N3O3S/c1-10(2)15(23)22-26(24,25)14-9-20-7-6-13(14)21-12-5-3-4-11(8-12)16(17,18)19/h3-10H,1-2H3,(H,20,21)(H,22,23). The van der Waals surface area contributed by atoms with E-state index in [0.717, 1.165) is 18.3 Å². The number of aromatic nitrogens is 1. The Bertz CT molecular complexity index is 912. The fraction of sp³-hybridized carbons (Fsp3) is 0.250. The van der Waals surface area contributed by atoms with Crippen LogP contribution >= 0.6 is 0 Å². The molecule has 2 aromatic rings. The first-order valence-electron chi connectivity index (χ1n) is 7.45. The van der Waals surface area contributed by atoms with Gasteiger partial charge in [0.05, 0.1) is 11.3 Å². The van der Waals surface area contributed by atoms with Gasteiger partial charge in [-0.05, 0) is 24.3 Å². The molecule has 0 saturated carbocycles. The minimum Gasteiger partial charge on any atom is -0.354 e. The summed E-state index contributed by atoms with van der Waals surface area (Å²) in [7, 11) is -4.24. The highest BCUT2D eigenvalue weighted by atomic mass is 32.2. The van der Waals surface area contributed by atoms with Gasteiger partial charge in [-0.25, -0.2) is 13.1 Å². The number of halogens is 3. The zero-order valence-electron chi connectivity index (χ0n) is 13.8. The molecule has 2 rings (SSSR count). The van der Waals surface area contributed by atoms with Gasteiger partial charge < -0.3 is 5.32 Å². The van der Waals surface area contributed by atoms with Gasteiger partial charge in [0.2, 0.25) is 5.91 Å². The predicted molar refractivity (Wildman–Crippen MR) is 89.1 cm³/mol. The number of nitrogens with zero attached hydrogens (tertiary/aromatic N) is 1. The molecule has 26 heavy (non-hydrogen) atoms. The summed E-state index contributed by atoms with van der Waals surface area (Å²) in [6, 6.07) is 5.59. The predicted octanol–water partition coefficient (Wildman–Crippen LogP) is 3.30. The van der Waals surface area contributed by atoms with Crippen molar-refractivity contribution in [1.29, 1.82) is 0 Å². The van der Waals surface area contributed by atoms with Crippen molar-refractivity contribution in [2.75, 3.05) is 5.32 Å². The van der Waals surface area contributed by atoms with Crippen LogP contribution in [0.1, 0.15) is 19.4 Å². The first-order chi connectivity index (χ1) is 12.0. The monoisotopic (exact) mass is 387 g/mol. The first kappa shape index (κ1) is 19.7. The Morgan fingerprint density at radius 3 is 2.50 bits per heavy atom. The third kappa shape index (κ3) is 4.72. The molecule has 0 aliphatic heterocycles. The average Bonchev–Trinajstić information content (AvgIpc) is 2.54. The quantitative estimate of drug-likeness (QED) is 0.822. The van der Waals surface area contributed by atoms with Crippen LogP contribution in [0.2, 0.25) is 0 Å². The summed E-state index contributed by atoms with van der Waals surface area (Å²) < 4.78 is 65.1. The lowest BCUT2D eigenvalue weighted by Gasteiger charge is -2.14. The van der Waals surface area contributed by atoms with Crippen molar-refractivity contribution in [3.05, 3.63) is 48.3 Å². The van der Waals surface area contributed by atoms with E-state index in [-0.39, 0.29) is 16.3 Å². The largest absolute Gasteiger partial charge is 0.416 e. The number of alkyl halides is 3. The fourth-order valence-electron chi connectivity index (χ4n) is 1.93. The number of amides is 1. The molecule has 0 bridgehead atoms. The van der Waals surface area contributed by atoms with Gasteiger partial charge in [-0.1, -0.05) is 19.9 Å². The summed E-state index contributed by atoms with van der Waals surface area (Å²) in [4.78, 5) is 15.1. The molecule has 1 amide bonds. The molecule has 0 saturated heterocycles. The number of hydrogen-bond acceptors (Lipinski definition) is 5. The number of nitrogens with one attached hydrogen (secondary N) is 2. The lowest BCUT2D eigenvalue weighted by molar-refractivity contribution is -0.137. The van der Waals surface area contributed by atoms with Crippen molar-refractivity contribution in [3.8, 4) is 0 Å². The van der Waals surface area contributed by atoms with Crippen molar-refractivity contribution in [2.24, 2.45) is 5.92 Å². The lowest BCUT2D eigenvalue weighted by Crippen LogP contribution is -2.34. The molecule has 0 unspecified atom stereocenters. The van der Waals surface area contributed by atoms with Crippen molar-refractivity contribution in [2.45, 2.75) is 24.9 Å². The molecule has 0 fully saturated rings. The summed E-state index contributed by atoms with van der Waals surface area (Å²) in [5, 5.41) is 2.62. The third-order valence-corrected chi connectivity index (χ3v) is 4.68. The molecule has 1 aromatic heterocycles. The SMILES string of the molecule is CC(C)C(=O)NS(=O)(=O)c1cnccc1Nc1cccc(C(F)(F)F)c1. The van der Waals surface area contributed by atoms with E-state index >= 15 is 0 Å². The van der Waals surface area contributed by atoms with Crippen LogP contribution < -0.4 is 10.0 Å². The van der Waals surface area contributed by atoms with Crippen LogP contribution in [0.5, 0.6) is 0 Å². The summed E-state index contributed by atoms with van der Waals surface area (Å²) in [5.41, 5.74) is -0.852. The van der Waals surface area contributed by atoms with Crippen molar-refractivity contribution in [1.82, 2.24) is 9.71 Å². The molecule has 2 N–H and O–H groups in total. The summed E-state index contributed by atoms with van der Waals surface area (Å²) >= 11 is 0. The number of sulfonamides is 1. The second kappa shape index (κ2) is 7.32. The number of hydrogen-bond donors (Lipinski definition) is 2. The smallest absolute Gasteiger partial charge is 0.354 e. The van der Waals surface area contributed by atoms with Crippen molar-refractivity contribution in [3.63, 3.8) is 0 Å². The van der Waals surface area contributed by atoms with E-state index in [1.54, 1.807) is 0 Å². The number of carbonyl (C=O) groups is 1. The Morgan fingerprint density at radius 1 is 1.19 bits per heavy atom. The highest BCUT2D eigenvalue weighted by Gasteiger charge is 2.30. The van der Waals surface area contributed by atoms with E-state index < -0.39 is 33.6 Å². The van der Waals surface area contributed by atoms with Gasteiger partial charge in [0, 0.05) is 24.0 Å². The van der Waals surface area contributed by atoms with Gasteiger partial charge in [-0.3, -0.25) is 9.78 Å². The molecular weight excluding hydrogens is 371 g/mol. The maximum atomic E-state index is 12.8. The Kier molecular flexibility index (Phi) is 5.55. The van der Waals surface area contributed by atoms with E-state index in [1.807, 2.05) is 4.72 Å². The van der Waals surface area contributed by atoms with E-state index in [4.69, 9.17) is 0 Å². The number of benzene rings is 1. The van der Waals surface area contributed by atoms with Crippen LogP contribution in [0.4, 0.5) is 24.5 Å². The molecule has 0 aliphatic rings. The normalized spacial score (nSPS) is 12.1. The van der Waals surface area contributed by atoms with E-state index in [1.165, 1.54) is 38.2 Å². The number of carbonyl (C=O) groups excluding carboxylic acids is 1. The average molecular weight is 387 g/mol. The first-order valence-corrected chi connectivity index (χ1v) is 8.94. The molecule has 6 nitrogen and oxygen atoms in total. The topological polar surface area (TPSA) is 88.2 Å². The Labute approximate surface area is 148 Å². The second-order valence-corrected chi connectivity index (χ2v) is 7.35. The molecule has 1 heterocycles. The van der Waals surface area contributed by atoms with Crippen LogP contribution in [0.25, 0.3) is 0 Å². The zero-order chi connectivity index (χ0) is 19.5. The van der Waals surface area contributed by atoms with E-state index in [2.05, 4.69) is 10.3 Å². The fourth-order valence-corrected chi connectivity index (χ4v) is 3.15. The van der Waals surface area contributed by atoms with Gasteiger partial charge >= 0.3 is 6.18 Å². The van der Waals surface area contributed by atoms with Gasteiger partial charge in [-0.2, -0.15) is 13.2 Å². The molecule has 0 atom stereocenters. The van der Waals surface area contributed by atoms with Crippen LogP contribution in [-0.2, 0) is 21.0 Å². The molecule has 10 heteroatoms. The number of rotatable bonds is 5. The van der Waals surface area contributed by atoms with Gasteiger partial charge in [-0.15, -0.1) is 0 Å². The van der Waals surface area contributed by atoms with Crippen LogP contribution in [-0.4, -0.2) is 19.3 Å². The zero-order valence-corrected chi connectivity index (χ0v) is 14.6. The molecule has 0 radical (unpaired) electrons. The van der Waals surface area contributed by atoms with Crippen molar-refractivity contribution < 1.29 is 26.4 Å². The van der Waals surface area contributed by atoms with Crippen LogP contribution in [0.3, 0.4) is 0 Å². The maximum Gasteiger partial charge on any atom is 0.416 e. The minimum atomic E-state index is -4.53. The highest BCUT2D eigenvalue weighted by molar-refractivity contribution is 7.90. The van der Waals surface area contributed by atoms with Crippen LogP contribution in [0.15, 0.2) is 47.6 Å². The van der Waals surface area contributed by atoms with E-state index in [0.29, 0.717) is 0 Å². The minimum absolute atomic E-state index is 0.0108. The lowest BCUT2D eigenvalue weighted by atomic mass is 10.2. The molecule has 0 spiro atoms.